The van der Waals surface area contributed by atoms with Crippen molar-refractivity contribution in [3.05, 3.63) is 30.3 Å². The minimum atomic E-state index is -1.22. The van der Waals surface area contributed by atoms with Gasteiger partial charge in [0, 0.05) is 0 Å². The molecular formula is C12H13NO3. The highest BCUT2D eigenvalue weighted by Crippen LogP contribution is 2.19. The maximum absolute atomic E-state index is 11.8. The second kappa shape index (κ2) is 5.17. The first kappa shape index (κ1) is 12.1. The monoisotopic (exact) mass is 219 g/mol. The second-order valence-electron chi connectivity index (χ2n) is 3.48. The fraction of sp³-hybridized carbons (Fsp3) is 0.333. The number of nitrogens with zero attached hydrogens (tertiary/aromatic N) is 1. The summed E-state index contributed by atoms with van der Waals surface area (Å²) in [5, 5.41) is 8.47. The van der Waals surface area contributed by atoms with Gasteiger partial charge in [0.2, 0.25) is 5.60 Å². The van der Waals surface area contributed by atoms with E-state index in [1.165, 1.54) is 13.2 Å². The molecule has 0 aromatic heterocycles. The molecule has 1 atom stereocenters. The number of hydrogen-bond donors (Lipinski definition) is 0. The number of ether oxygens (including phenoxy) is 2. The van der Waals surface area contributed by atoms with Crippen molar-refractivity contribution in [3.63, 3.8) is 0 Å². The Kier molecular flexibility index (Phi) is 3.90. The van der Waals surface area contributed by atoms with Crippen molar-refractivity contribution in [2.45, 2.75) is 25.9 Å². The van der Waals surface area contributed by atoms with Crippen LogP contribution < -0.4 is 4.74 Å². The number of nitriles is 1. The Balaban J connectivity index is 2.75. The zero-order valence-corrected chi connectivity index (χ0v) is 9.27. The molecule has 0 heterocycles. The summed E-state index contributed by atoms with van der Waals surface area (Å²) in [4.78, 5) is 11.8. The Labute approximate surface area is 94.4 Å². The molecular weight excluding hydrogens is 206 g/mol. The molecule has 0 radical (unpaired) electrons. The molecule has 16 heavy (non-hydrogen) atoms. The van der Waals surface area contributed by atoms with Crippen molar-refractivity contribution in [3.8, 4) is 12.0 Å². The van der Waals surface area contributed by atoms with Crippen LogP contribution in [0.4, 0.5) is 0 Å². The maximum Gasteiger partial charge on any atom is 0.356 e. The zero-order chi connectivity index (χ0) is 12.0. The number of carbonyl (C=O) groups excluding carboxylic acids is 1. The average Bonchev–Trinajstić information content (AvgIpc) is 2.30. The molecule has 4 heteroatoms. The number of esters is 1. The smallest absolute Gasteiger partial charge is 0.356 e. The normalized spacial score (nSPS) is 13.3. The zero-order valence-electron chi connectivity index (χ0n) is 9.27. The van der Waals surface area contributed by atoms with Crippen LogP contribution in [0.3, 0.4) is 0 Å². The highest BCUT2D eigenvalue weighted by atomic mass is 16.6. The number of para-hydroxylation sites is 1. The summed E-state index contributed by atoms with van der Waals surface area (Å²) in [6, 6.07) is 8.68. The lowest BCUT2D eigenvalue weighted by Gasteiger charge is -2.22. The Bertz CT molecular complexity index is 396. The van der Waals surface area contributed by atoms with Gasteiger partial charge in [-0.15, -0.1) is 0 Å². The van der Waals surface area contributed by atoms with Crippen molar-refractivity contribution >= 4 is 5.97 Å². The lowest BCUT2D eigenvalue weighted by atomic mass is 10.0. The number of carbonyl (C=O) groups is 1. The van der Waals surface area contributed by atoms with Crippen LogP contribution in [0.2, 0.25) is 0 Å². The Hall–Kier alpha value is -2.02. The first-order valence-corrected chi connectivity index (χ1v) is 4.97. The second-order valence-corrected chi connectivity index (χ2v) is 3.48. The van der Waals surface area contributed by atoms with Crippen LogP contribution in [0.25, 0.3) is 0 Å². The average molecular weight is 219 g/mol. The summed E-state index contributed by atoms with van der Waals surface area (Å²) in [5.74, 6) is -0.128. The van der Waals surface area contributed by atoms with Gasteiger partial charge in [-0.05, 0) is 25.5 Å². The van der Waals surface area contributed by atoms with Gasteiger partial charge in [0.25, 0.3) is 6.26 Å². The van der Waals surface area contributed by atoms with E-state index in [-0.39, 0.29) is 0 Å². The molecule has 1 aromatic rings. The molecule has 1 rings (SSSR count). The van der Waals surface area contributed by atoms with Gasteiger partial charge in [0.1, 0.15) is 5.75 Å². The van der Waals surface area contributed by atoms with Crippen LogP contribution >= 0.6 is 0 Å². The van der Waals surface area contributed by atoms with E-state index >= 15 is 0 Å². The van der Waals surface area contributed by atoms with E-state index in [2.05, 4.69) is 0 Å². The van der Waals surface area contributed by atoms with Crippen molar-refractivity contribution in [2.75, 3.05) is 0 Å². The van der Waals surface area contributed by atoms with Crippen molar-refractivity contribution in [1.29, 1.82) is 5.26 Å². The molecule has 0 aliphatic heterocycles. The molecule has 0 bridgehead atoms. The largest absolute Gasteiger partial charge is 0.424 e. The van der Waals surface area contributed by atoms with E-state index < -0.39 is 11.6 Å². The highest BCUT2D eigenvalue weighted by Gasteiger charge is 2.36. The van der Waals surface area contributed by atoms with Gasteiger partial charge in [0.05, 0.1) is 0 Å². The van der Waals surface area contributed by atoms with Crippen LogP contribution in [-0.2, 0) is 9.53 Å². The van der Waals surface area contributed by atoms with Gasteiger partial charge in [-0.2, -0.15) is 5.26 Å². The van der Waals surface area contributed by atoms with E-state index in [0.29, 0.717) is 12.2 Å². The van der Waals surface area contributed by atoms with Crippen LogP contribution in [0.1, 0.15) is 20.3 Å². The van der Waals surface area contributed by atoms with E-state index in [0.717, 1.165) is 0 Å². The predicted octanol–water partition coefficient (Wildman–Crippen LogP) is 2.26. The fourth-order valence-corrected chi connectivity index (χ4v) is 1.06. The minimum Gasteiger partial charge on any atom is -0.424 e. The van der Waals surface area contributed by atoms with Crippen LogP contribution in [0, 0.1) is 11.5 Å². The van der Waals surface area contributed by atoms with Gasteiger partial charge in [-0.25, -0.2) is 4.79 Å². The third-order valence-electron chi connectivity index (χ3n) is 2.33. The third-order valence-corrected chi connectivity index (χ3v) is 2.33. The molecule has 0 unspecified atom stereocenters. The first-order valence-electron chi connectivity index (χ1n) is 4.97. The predicted molar refractivity (Wildman–Crippen MR) is 57.5 cm³/mol. The fourth-order valence-electron chi connectivity index (χ4n) is 1.06. The number of benzene rings is 1. The molecule has 0 aliphatic carbocycles. The number of hydrogen-bond acceptors (Lipinski definition) is 4. The molecule has 4 nitrogen and oxygen atoms in total. The van der Waals surface area contributed by atoms with Gasteiger partial charge in [0.15, 0.2) is 0 Å². The van der Waals surface area contributed by atoms with Crippen molar-refractivity contribution in [1.82, 2.24) is 0 Å². The molecule has 1 aromatic carbocycles. The van der Waals surface area contributed by atoms with E-state index in [1.807, 2.05) is 6.07 Å². The summed E-state index contributed by atoms with van der Waals surface area (Å²) >= 11 is 0. The maximum atomic E-state index is 11.8. The summed E-state index contributed by atoms with van der Waals surface area (Å²) < 4.78 is 9.85. The molecule has 0 N–H and O–H groups in total. The molecule has 0 spiro atoms. The third kappa shape index (κ3) is 2.74. The van der Waals surface area contributed by atoms with E-state index in [4.69, 9.17) is 14.7 Å². The van der Waals surface area contributed by atoms with Crippen LogP contribution in [0.5, 0.6) is 5.75 Å². The van der Waals surface area contributed by atoms with Crippen LogP contribution in [-0.4, -0.2) is 11.6 Å². The summed E-state index contributed by atoms with van der Waals surface area (Å²) in [6.07, 6.45) is 1.89. The van der Waals surface area contributed by atoms with Crippen molar-refractivity contribution in [2.24, 2.45) is 0 Å². The summed E-state index contributed by atoms with van der Waals surface area (Å²) in [5.41, 5.74) is -1.22. The summed E-state index contributed by atoms with van der Waals surface area (Å²) in [7, 11) is 0. The van der Waals surface area contributed by atoms with Gasteiger partial charge < -0.3 is 9.47 Å². The first-order chi connectivity index (χ1) is 7.62. The topological polar surface area (TPSA) is 59.3 Å². The van der Waals surface area contributed by atoms with Gasteiger partial charge in [-0.3, -0.25) is 0 Å². The molecule has 84 valence electrons. The van der Waals surface area contributed by atoms with Gasteiger partial charge >= 0.3 is 5.97 Å². The minimum absolute atomic E-state index is 0.367. The summed E-state index contributed by atoms with van der Waals surface area (Å²) in [6.45, 7) is 3.28. The highest BCUT2D eigenvalue weighted by molar-refractivity contribution is 5.81. The van der Waals surface area contributed by atoms with E-state index in [9.17, 15) is 4.79 Å². The molecule has 0 saturated heterocycles. The number of rotatable bonds is 4. The van der Waals surface area contributed by atoms with E-state index in [1.54, 1.807) is 31.2 Å². The Morgan fingerprint density at radius 2 is 2.06 bits per heavy atom. The molecule has 0 amide bonds. The molecule has 0 aliphatic rings. The molecule has 0 saturated carbocycles. The Morgan fingerprint density at radius 1 is 1.44 bits per heavy atom. The van der Waals surface area contributed by atoms with Crippen LogP contribution in [0.15, 0.2) is 30.3 Å². The molecule has 0 fully saturated rings. The standard InChI is InChI=1S/C12H13NO3/c1-3-12(2,15-9-13)11(14)16-10-7-5-4-6-8-10/h4-8H,3H2,1-2H3/t12-/m1/s1. The Morgan fingerprint density at radius 3 is 2.56 bits per heavy atom. The lowest BCUT2D eigenvalue weighted by Crippen LogP contribution is -2.39. The van der Waals surface area contributed by atoms with Crippen molar-refractivity contribution < 1.29 is 14.3 Å². The van der Waals surface area contributed by atoms with Gasteiger partial charge in [-0.1, -0.05) is 25.1 Å². The SMILES string of the molecule is CC[C@@](C)(OC#N)C(=O)Oc1ccccc1. The lowest BCUT2D eigenvalue weighted by molar-refractivity contribution is -0.153. The quantitative estimate of drug-likeness (QED) is 0.442.